The maximum atomic E-state index is 11.8. The van der Waals surface area contributed by atoms with Gasteiger partial charge >= 0.3 is 0 Å². The van der Waals surface area contributed by atoms with Crippen LogP contribution in [0, 0.1) is 5.92 Å². The molecule has 0 heterocycles. The summed E-state index contributed by atoms with van der Waals surface area (Å²) in [5, 5.41) is 0. The van der Waals surface area contributed by atoms with Gasteiger partial charge in [-0.2, -0.15) is 13.4 Å². The standard InChI is InChI=1S/C11H15N3O3S/c1-5-4-8(10(15)14-11(12)13)7(3)9(6(5)2)18(16)17/h4,7H,1-3H3,(H4,12,13,14,15). The van der Waals surface area contributed by atoms with Crippen LogP contribution >= 0.6 is 0 Å². The second-order valence-corrected chi connectivity index (χ2v) is 4.98. The summed E-state index contributed by atoms with van der Waals surface area (Å²) < 4.78 is 22.4. The Labute approximate surface area is 107 Å². The Morgan fingerprint density at radius 1 is 1.33 bits per heavy atom. The largest absolute Gasteiger partial charge is 0.370 e. The zero-order valence-corrected chi connectivity index (χ0v) is 11.2. The summed E-state index contributed by atoms with van der Waals surface area (Å²) in [6, 6.07) is 0. The average Bonchev–Trinajstić information content (AvgIpc) is 2.21. The van der Waals surface area contributed by atoms with Crippen molar-refractivity contribution >= 4 is 27.0 Å². The summed E-state index contributed by atoms with van der Waals surface area (Å²) in [6.07, 6.45) is 1.62. The van der Waals surface area contributed by atoms with E-state index in [2.05, 4.69) is 4.99 Å². The molecule has 0 aromatic carbocycles. The zero-order valence-electron chi connectivity index (χ0n) is 10.4. The third kappa shape index (κ3) is 2.67. The highest BCUT2D eigenvalue weighted by Crippen LogP contribution is 2.27. The van der Waals surface area contributed by atoms with E-state index in [1.165, 1.54) is 0 Å². The lowest BCUT2D eigenvalue weighted by molar-refractivity contribution is -0.114. The molecule has 6 nitrogen and oxygen atoms in total. The van der Waals surface area contributed by atoms with Crippen LogP contribution in [0.5, 0.6) is 0 Å². The number of aliphatic imine (C=N–C) groups is 1. The van der Waals surface area contributed by atoms with Gasteiger partial charge in [-0.15, -0.1) is 0 Å². The van der Waals surface area contributed by atoms with Gasteiger partial charge in [0.05, 0.1) is 4.86 Å². The van der Waals surface area contributed by atoms with Crippen LogP contribution in [-0.2, 0) is 15.1 Å². The Hall–Kier alpha value is -1.89. The average molecular weight is 269 g/mol. The number of carbonyl (C=O) groups excluding carboxylic acids is 1. The number of rotatable bonds is 1. The second-order valence-electron chi connectivity index (χ2n) is 4.07. The minimum absolute atomic E-state index is 0.198. The van der Waals surface area contributed by atoms with E-state index in [4.69, 9.17) is 11.5 Å². The lowest BCUT2D eigenvalue weighted by Gasteiger charge is -2.21. The molecule has 1 amide bonds. The van der Waals surface area contributed by atoms with Gasteiger partial charge in [0.1, 0.15) is 0 Å². The number of allylic oxidation sites excluding steroid dienone is 3. The van der Waals surface area contributed by atoms with Crippen molar-refractivity contribution in [3.05, 3.63) is 22.8 Å². The molecule has 0 aromatic heterocycles. The number of hydrogen-bond donors (Lipinski definition) is 2. The van der Waals surface area contributed by atoms with Crippen molar-refractivity contribution in [1.29, 1.82) is 0 Å². The Morgan fingerprint density at radius 2 is 1.89 bits per heavy atom. The smallest absolute Gasteiger partial charge is 0.276 e. The minimum atomic E-state index is -2.38. The zero-order chi connectivity index (χ0) is 14.0. The molecule has 1 aliphatic carbocycles. The summed E-state index contributed by atoms with van der Waals surface area (Å²) in [6.45, 7) is 5.07. The van der Waals surface area contributed by atoms with Gasteiger partial charge in [-0.05, 0) is 31.1 Å². The summed E-state index contributed by atoms with van der Waals surface area (Å²) in [5.74, 6) is -1.51. The first-order valence-corrected chi connectivity index (χ1v) is 6.32. The van der Waals surface area contributed by atoms with Crippen LogP contribution in [0.25, 0.3) is 0 Å². The molecule has 0 radical (unpaired) electrons. The van der Waals surface area contributed by atoms with E-state index < -0.39 is 22.1 Å². The fraction of sp³-hybridized carbons (Fsp3) is 0.364. The number of nitrogens with two attached hydrogens (primary N) is 2. The predicted octanol–water partition coefficient (Wildman–Crippen LogP) is -0.250. The third-order valence-electron chi connectivity index (χ3n) is 2.85. The lowest BCUT2D eigenvalue weighted by atomic mass is 9.85. The normalized spacial score (nSPS) is 19.4. The first kappa shape index (κ1) is 14.2. The number of carbonyl (C=O) groups is 1. The maximum absolute atomic E-state index is 11.8. The molecule has 0 fully saturated rings. The van der Waals surface area contributed by atoms with Crippen molar-refractivity contribution < 1.29 is 13.2 Å². The van der Waals surface area contributed by atoms with Gasteiger partial charge in [0, 0.05) is 11.5 Å². The fourth-order valence-electron chi connectivity index (χ4n) is 1.82. The van der Waals surface area contributed by atoms with Crippen molar-refractivity contribution in [2.24, 2.45) is 22.4 Å². The topological polar surface area (TPSA) is 116 Å². The summed E-state index contributed by atoms with van der Waals surface area (Å²) in [4.78, 5) is 15.4. The lowest BCUT2D eigenvalue weighted by Crippen LogP contribution is -2.28. The van der Waals surface area contributed by atoms with Crippen LogP contribution in [-0.4, -0.2) is 25.1 Å². The van der Waals surface area contributed by atoms with E-state index in [-0.39, 0.29) is 16.4 Å². The van der Waals surface area contributed by atoms with Crippen molar-refractivity contribution in [2.75, 3.05) is 0 Å². The van der Waals surface area contributed by atoms with Crippen LogP contribution in [0.3, 0.4) is 0 Å². The Balaban J connectivity index is 3.42. The van der Waals surface area contributed by atoms with Gasteiger partial charge in [0.25, 0.3) is 5.91 Å². The SMILES string of the molecule is CC1=C(C)C(=S(=O)=O)C(C)C(C(=O)N=C(N)N)=C1. The van der Waals surface area contributed by atoms with E-state index in [0.29, 0.717) is 11.1 Å². The van der Waals surface area contributed by atoms with Crippen LogP contribution < -0.4 is 11.5 Å². The van der Waals surface area contributed by atoms with Gasteiger partial charge in [0.2, 0.25) is 10.3 Å². The molecule has 1 aliphatic rings. The number of nitrogens with zero attached hydrogens (tertiary/aromatic N) is 1. The Morgan fingerprint density at radius 3 is 2.33 bits per heavy atom. The summed E-state index contributed by atoms with van der Waals surface area (Å²) in [5.41, 5.74) is 11.9. The van der Waals surface area contributed by atoms with E-state index in [1.54, 1.807) is 26.8 Å². The molecule has 1 atom stereocenters. The van der Waals surface area contributed by atoms with Gasteiger partial charge in [-0.1, -0.05) is 6.92 Å². The highest BCUT2D eigenvalue weighted by Gasteiger charge is 2.28. The van der Waals surface area contributed by atoms with Crippen molar-refractivity contribution in [1.82, 2.24) is 0 Å². The molecule has 1 unspecified atom stereocenters. The molecular formula is C11H15N3O3S. The molecule has 18 heavy (non-hydrogen) atoms. The molecule has 0 spiro atoms. The van der Waals surface area contributed by atoms with Gasteiger partial charge in [-0.25, -0.2) is 0 Å². The highest BCUT2D eigenvalue weighted by molar-refractivity contribution is 7.73. The fourth-order valence-corrected chi connectivity index (χ4v) is 2.65. The van der Waals surface area contributed by atoms with E-state index in [9.17, 15) is 13.2 Å². The summed E-state index contributed by atoms with van der Waals surface area (Å²) >= 11 is 0. The number of guanidine groups is 1. The Kier molecular flexibility index (Phi) is 4.07. The van der Waals surface area contributed by atoms with Crippen LogP contribution in [0.4, 0.5) is 0 Å². The highest BCUT2D eigenvalue weighted by atomic mass is 32.2. The minimum Gasteiger partial charge on any atom is -0.370 e. The van der Waals surface area contributed by atoms with Gasteiger partial charge in [0.15, 0.2) is 5.96 Å². The third-order valence-corrected chi connectivity index (χ3v) is 3.87. The molecule has 0 aromatic rings. The van der Waals surface area contributed by atoms with Crippen LogP contribution in [0.1, 0.15) is 20.8 Å². The number of amides is 1. The van der Waals surface area contributed by atoms with Crippen LogP contribution in [0.2, 0.25) is 0 Å². The quantitative estimate of drug-likeness (QED) is 0.387. The molecular weight excluding hydrogens is 254 g/mol. The van der Waals surface area contributed by atoms with Gasteiger partial charge < -0.3 is 11.5 Å². The monoisotopic (exact) mass is 269 g/mol. The van der Waals surface area contributed by atoms with E-state index in [1.807, 2.05) is 0 Å². The Bertz CT molecular complexity index is 612. The molecule has 98 valence electrons. The predicted molar refractivity (Wildman–Crippen MR) is 70.4 cm³/mol. The van der Waals surface area contributed by atoms with E-state index >= 15 is 0 Å². The molecule has 0 bridgehead atoms. The molecule has 0 aliphatic heterocycles. The molecule has 4 N–H and O–H groups in total. The van der Waals surface area contributed by atoms with Crippen LogP contribution in [0.15, 0.2) is 27.8 Å². The van der Waals surface area contributed by atoms with E-state index in [0.717, 1.165) is 0 Å². The molecule has 1 rings (SSSR count). The summed E-state index contributed by atoms with van der Waals surface area (Å²) in [7, 11) is -2.38. The first-order chi connectivity index (χ1) is 8.25. The van der Waals surface area contributed by atoms with Crippen molar-refractivity contribution in [2.45, 2.75) is 20.8 Å². The molecule has 7 heteroatoms. The van der Waals surface area contributed by atoms with Crippen molar-refractivity contribution in [3.63, 3.8) is 0 Å². The number of hydrogen-bond acceptors (Lipinski definition) is 3. The molecule has 0 saturated heterocycles. The first-order valence-electron chi connectivity index (χ1n) is 5.25. The van der Waals surface area contributed by atoms with Crippen molar-refractivity contribution in [3.8, 4) is 0 Å². The maximum Gasteiger partial charge on any atom is 0.276 e. The van der Waals surface area contributed by atoms with Gasteiger partial charge in [-0.3, -0.25) is 4.79 Å². The molecule has 0 saturated carbocycles. The second kappa shape index (κ2) is 5.18.